The predicted molar refractivity (Wildman–Crippen MR) is 55.1 cm³/mol. The van der Waals surface area contributed by atoms with Crippen LogP contribution in [0.25, 0.3) is 11.5 Å². The number of rotatable bonds is 3. The first-order valence-electron chi connectivity index (χ1n) is 4.83. The van der Waals surface area contributed by atoms with Crippen molar-refractivity contribution in [2.75, 3.05) is 0 Å². The third-order valence-electron chi connectivity index (χ3n) is 2.14. The van der Waals surface area contributed by atoms with E-state index in [0.29, 0.717) is 5.76 Å². The lowest BCUT2D eigenvalue weighted by Gasteiger charge is -2.07. The van der Waals surface area contributed by atoms with Crippen LogP contribution in [-0.2, 0) is 0 Å². The summed E-state index contributed by atoms with van der Waals surface area (Å²) in [6.07, 6.45) is 1.64. The molecule has 84 valence electrons. The molecule has 0 bridgehead atoms. The molecule has 0 radical (unpaired) electrons. The molecule has 0 unspecified atom stereocenters. The molecule has 0 amide bonds. The Morgan fingerprint density at radius 2 is 2.31 bits per heavy atom. The van der Waals surface area contributed by atoms with Crippen LogP contribution in [0.15, 0.2) is 22.9 Å². The molecule has 6 heteroatoms. The van der Waals surface area contributed by atoms with Gasteiger partial charge in [-0.05, 0) is 19.9 Å². The number of carboxylic acids is 1. The van der Waals surface area contributed by atoms with Crippen LogP contribution in [0.5, 0.6) is 0 Å². The van der Waals surface area contributed by atoms with Crippen molar-refractivity contribution >= 4 is 5.97 Å². The van der Waals surface area contributed by atoms with Gasteiger partial charge in [0.1, 0.15) is 5.69 Å². The van der Waals surface area contributed by atoms with E-state index >= 15 is 0 Å². The summed E-state index contributed by atoms with van der Waals surface area (Å²) in [5.74, 6) is -0.700. The maximum atomic E-state index is 10.7. The van der Waals surface area contributed by atoms with E-state index in [4.69, 9.17) is 9.63 Å². The van der Waals surface area contributed by atoms with Crippen molar-refractivity contribution in [3.63, 3.8) is 0 Å². The SMILES string of the molecule is CC(C)n1nccc1-c1cc(C(=O)O)no1. The number of hydrogen-bond donors (Lipinski definition) is 1. The van der Waals surface area contributed by atoms with Crippen molar-refractivity contribution in [2.45, 2.75) is 19.9 Å². The van der Waals surface area contributed by atoms with E-state index in [-0.39, 0.29) is 11.7 Å². The second kappa shape index (κ2) is 3.80. The largest absolute Gasteiger partial charge is 0.476 e. The second-order valence-electron chi connectivity index (χ2n) is 3.64. The minimum atomic E-state index is -1.11. The molecule has 16 heavy (non-hydrogen) atoms. The second-order valence-corrected chi connectivity index (χ2v) is 3.64. The normalized spacial score (nSPS) is 10.9. The number of nitrogens with zero attached hydrogens (tertiary/aromatic N) is 3. The van der Waals surface area contributed by atoms with E-state index in [2.05, 4.69) is 10.3 Å². The van der Waals surface area contributed by atoms with Gasteiger partial charge in [-0.2, -0.15) is 5.10 Å². The third-order valence-corrected chi connectivity index (χ3v) is 2.14. The van der Waals surface area contributed by atoms with Gasteiger partial charge in [-0.15, -0.1) is 0 Å². The standard InChI is InChI=1S/C10H11N3O3/c1-6(2)13-8(3-4-11-13)9-5-7(10(14)15)12-16-9/h3-6H,1-2H3,(H,14,15). The summed E-state index contributed by atoms with van der Waals surface area (Å²) in [5.41, 5.74) is 0.613. The van der Waals surface area contributed by atoms with Gasteiger partial charge >= 0.3 is 5.97 Å². The highest BCUT2D eigenvalue weighted by Crippen LogP contribution is 2.22. The lowest BCUT2D eigenvalue weighted by atomic mass is 10.3. The minimum Gasteiger partial charge on any atom is -0.476 e. The molecule has 2 rings (SSSR count). The van der Waals surface area contributed by atoms with E-state index in [1.807, 2.05) is 13.8 Å². The molecule has 0 spiro atoms. The first-order chi connectivity index (χ1) is 7.59. The summed E-state index contributed by atoms with van der Waals surface area (Å²) in [6.45, 7) is 3.95. The predicted octanol–water partition coefficient (Wildman–Crippen LogP) is 1.82. The summed E-state index contributed by atoms with van der Waals surface area (Å²) in [5, 5.41) is 16.3. The number of hydrogen-bond acceptors (Lipinski definition) is 4. The molecule has 2 aromatic rings. The first-order valence-corrected chi connectivity index (χ1v) is 4.83. The number of carbonyl (C=O) groups is 1. The van der Waals surface area contributed by atoms with Gasteiger partial charge in [-0.25, -0.2) is 4.79 Å². The van der Waals surface area contributed by atoms with Gasteiger partial charge in [0.15, 0.2) is 11.5 Å². The van der Waals surface area contributed by atoms with E-state index < -0.39 is 5.97 Å². The zero-order chi connectivity index (χ0) is 11.7. The highest BCUT2D eigenvalue weighted by molar-refractivity contribution is 5.86. The Bertz CT molecular complexity index is 513. The zero-order valence-electron chi connectivity index (χ0n) is 8.91. The zero-order valence-corrected chi connectivity index (χ0v) is 8.91. The van der Waals surface area contributed by atoms with Gasteiger partial charge in [0.2, 0.25) is 0 Å². The summed E-state index contributed by atoms with van der Waals surface area (Å²) in [7, 11) is 0. The van der Waals surface area contributed by atoms with E-state index in [0.717, 1.165) is 5.69 Å². The summed E-state index contributed by atoms with van der Waals surface area (Å²) < 4.78 is 6.71. The fraction of sp³-hybridized carbons (Fsp3) is 0.300. The summed E-state index contributed by atoms with van der Waals surface area (Å²) in [6, 6.07) is 3.31. The highest BCUT2D eigenvalue weighted by atomic mass is 16.5. The Morgan fingerprint density at radius 3 is 2.88 bits per heavy atom. The molecule has 6 nitrogen and oxygen atoms in total. The van der Waals surface area contributed by atoms with Crippen molar-refractivity contribution in [1.29, 1.82) is 0 Å². The lowest BCUT2D eigenvalue weighted by molar-refractivity contribution is 0.0686. The van der Waals surface area contributed by atoms with Crippen LogP contribution >= 0.6 is 0 Å². The monoisotopic (exact) mass is 221 g/mol. The molecule has 1 N–H and O–H groups in total. The van der Waals surface area contributed by atoms with Crippen LogP contribution in [0.2, 0.25) is 0 Å². The average Bonchev–Trinajstić information content (AvgIpc) is 2.86. The Hall–Kier alpha value is -2.11. The first kappa shape index (κ1) is 10.4. The fourth-order valence-corrected chi connectivity index (χ4v) is 1.42. The maximum Gasteiger partial charge on any atom is 0.358 e. The fourth-order valence-electron chi connectivity index (χ4n) is 1.42. The van der Waals surface area contributed by atoms with Crippen molar-refractivity contribution in [3.05, 3.63) is 24.0 Å². The van der Waals surface area contributed by atoms with Crippen LogP contribution in [0, 0.1) is 0 Å². The molecule has 0 fully saturated rings. The number of aromatic nitrogens is 3. The Balaban J connectivity index is 2.42. The van der Waals surface area contributed by atoms with Crippen LogP contribution in [0.4, 0.5) is 0 Å². The molecule has 0 aromatic carbocycles. The Morgan fingerprint density at radius 1 is 1.56 bits per heavy atom. The van der Waals surface area contributed by atoms with Gasteiger partial charge in [0.05, 0.1) is 0 Å². The molecule has 0 aliphatic rings. The van der Waals surface area contributed by atoms with Crippen LogP contribution in [0.3, 0.4) is 0 Å². The quantitative estimate of drug-likeness (QED) is 0.854. The highest BCUT2D eigenvalue weighted by Gasteiger charge is 2.16. The average molecular weight is 221 g/mol. The van der Waals surface area contributed by atoms with E-state index in [1.54, 1.807) is 16.9 Å². The van der Waals surface area contributed by atoms with Gasteiger partial charge < -0.3 is 9.63 Å². The molecule has 0 aliphatic carbocycles. The molecule has 0 saturated heterocycles. The van der Waals surface area contributed by atoms with Crippen LogP contribution in [-0.4, -0.2) is 26.0 Å². The van der Waals surface area contributed by atoms with Gasteiger partial charge in [0.25, 0.3) is 0 Å². The van der Waals surface area contributed by atoms with Gasteiger partial charge in [-0.1, -0.05) is 5.16 Å². The molecule has 2 aromatic heterocycles. The summed E-state index contributed by atoms with van der Waals surface area (Å²) in [4.78, 5) is 10.7. The van der Waals surface area contributed by atoms with Crippen molar-refractivity contribution in [1.82, 2.24) is 14.9 Å². The third kappa shape index (κ3) is 1.69. The Kier molecular flexibility index (Phi) is 2.47. The van der Waals surface area contributed by atoms with Crippen molar-refractivity contribution in [3.8, 4) is 11.5 Å². The minimum absolute atomic E-state index is 0.105. The topological polar surface area (TPSA) is 81.2 Å². The number of aromatic carboxylic acids is 1. The van der Waals surface area contributed by atoms with Crippen LogP contribution < -0.4 is 0 Å². The molecular weight excluding hydrogens is 210 g/mol. The molecule has 2 heterocycles. The van der Waals surface area contributed by atoms with Crippen molar-refractivity contribution in [2.24, 2.45) is 0 Å². The molecular formula is C10H11N3O3. The van der Waals surface area contributed by atoms with Crippen LogP contribution in [0.1, 0.15) is 30.4 Å². The van der Waals surface area contributed by atoms with Crippen molar-refractivity contribution < 1.29 is 14.4 Å². The molecule has 0 aliphatic heterocycles. The maximum absolute atomic E-state index is 10.7. The smallest absolute Gasteiger partial charge is 0.358 e. The molecule has 0 saturated carbocycles. The van der Waals surface area contributed by atoms with Gasteiger partial charge in [-0.3, -0.25) is 4.68 Å². The Labute approximate surface area is 91.5 Å². The number of carboxylic acid groups (broad SMARTS) is 1. The molecule has 0 atom stereocenters. The van der Waals surface area contributed by atoms with E-state index in [9.17, 15) is 4.79 Å². The van der Waals surface area contributed by atoms with Gasteiger partial charge in [0, 0.05) is 18.3 Å². The lowest BCUT2D eigenvalue weighted by Crippen LogP contribution is -2.04. The van der Waals surface area contributed by atoms with E-state index in [1.165, 1.54) is 6.07 Å². The summed E-state index contributed by atoms with van der Waals surface area (Å²) >= 11 is 0.